The van der Waals surface area contributed by atoms with Crippen molar-refractivity contribution in [3.8, 4) is 0 Å². The monoisotopic (exact) mass is 232 g/mol. The predicted molar refractivity (Wildman–Crippen MR) is 64.4 cm³/mol. The molecule has 0 aromatic heterocycles. The molecule has 15 heavy (non-hydrogen) atoms. The van der Waals surface area contributed by atoms with E-state index >= 15 is 0 Å². The predicted octanol–water partition coefficient (Wildman–Crippen LogP) is 1.94. The summed E-state index contributed by atoms with van der Waals surface area (Å²) in [7, 11) is 1.59. The Labute approximate surface area is 95.5 Å². The minimum atomic E-state index is -0.366. The SMILES string of the molecule is CNC(=O)C(CC(C)(C)C)/C(=N/O)SC. The summed E-state index contributed by atoms with van der Waals surface area (Å²) in [6.07, 6.45) is 2.46. The molecule has 0 heterocycles. The number of amides is 1. The largest absolute Gasteiger partial charge is 0.410 e. The van der Waals surface area contributed by atoms with E-state index < -0.39 is 0 Å². The van der Waals surface area contributed by atoms with Crippen molar-refractivity contribution in [3.63, 3.8) is 0 Å². The van der Waals surface area contributed by atoms with Gasteiger partial charge in [-0.25, -0.2) is 0 Å². The quantitative estimate of drug-likeness (QED) is 0.338. The Morgan fingerprint density at radius 2 is 2.07 bits per heavy atom. The summed E-state index contributed by atoms with van der Waals surface area (Å²) >= 11 is 1.30. The smallest absolute Gasteiger partial charge is 0.229 e. The van der Waals surface area contributed by atoms with Crippen LogP contribution in [-0.2, 0) is 4.79 Å². The molecule has 0 aromatic rings. The number of rotatable bonds is 3. The molecule has 0 radical (unpaired) electrons. The zero-order valence-electron chi connectivity index (χ0n) is 10.00. The number of nitrogens with zero attached hydrogens (tertiary/aromatic N) is 1. The molecule has 0 saturated heterocycles. The van der Waals surface area contributed by atoms with E-state index in [2.05, 4.69) is 31.2 Å². The van der Waals surface area contributed by atoms with E-state index in [1.165, 1.54) is 11.8 Å². The van der Waals surface area contributed by atoms with Crippen molar-refractivity contribution < 1.29 is 10.0 Å². The molecular formula is C10H20N2O2S. The van der Waals surface area contributed by atoms with Crippen LogP contribution in [-0.4, -0.2) is 29.5 Å². The fourth-order valence-electron chi connectivity index (χ4n) is 1.33. The third-order valence-corrected chi connectivity index (χ3v) is 2.77. The van der Waals surface area contributed by atoms with Crippen LogP contribution in [0.25, 0.3) is 0 Å². The third-order valence-electron chi connectivity index (χ3n) is 1.99. The number of oxime groups is 1. The minimum absolute atomic E-state index is 0.0167. The fourth-order valence-corrected chi connectivity index (χ4v) is 1.89. The van der Waals surface area contributed by atoms with Gasteiger partial charge in [0.2, 0.25) is 5.91 Å². The Hall–Kier alpha value is -0.710. The second kappa shape index (κ2) is 6.00. The normalized spacial score (nSPS) is 14.9. The molecule has 0 fully saturated rings. The van der Waals surface area contributed by atoms with Crippen LogP contribution in [0.3, 0.4) is 0 Å². The summed E-state index contributed by atoms with van der Waals surface area (Å²) < 4.78 is 0. The molecule has 0 spiro atoms. The lowest BCUT2D eigenvalue weighted by atomic mass is 9.84. The molecule has 0 aliphatic carbocycles. The van der Waals surface area contributed by atoms with Gasteiger partial charge in [-0.3, -0.25) is 4.79 Å². The van der Waals surface area contributed by atoms with E-state index in [1.807, 2.05) is 0 Å². The van der Waals surface area contributed by atoms with Crippen LogP contribution in [0, 0.1) is 11.3 Å². The zero-order chi connectivity index (χ0) is 12.1. The maximum absolute atomic E-state index is 11.6. The van der Waals surface area contributed by atoms with Crippen molar-refractivity contribution >= 4 is 22.7 Å². The molecule has 0 aliphatic rings. The summed E-state index contributed by atoms with van der Waals surface area (Å²) in [5.74, 6) is -0.470. The molecule has 1 unspecified atom stereocenters. The van der Waals surface area contributed by atoms with Crippen molar-refractivity contribution in [3.05, 3.63) is 0 Å². The van der Waals surface area contributed by atoms with Gasteiger partial charge in [-0.2, -0.15) is 0 Å². The maximum Gasteiger partial charge on any atom is 0.229 e. The Balaban J connectivity index is 4.81. The van der Waals surface area contributed by atoms with E-state index in [0.29, 0.717) is 11.5 Å². The maximum atomic E-state index is 11.6. The van der Waals surface area contributed by atoms with Crippen molar-refractivity contribution in [2.24, 2.45) is 16.5 Å². The van der Waals surface area contributed by atoms with Crippen molar-refractivity contribution in [2.45, 2.75) is 27.2 Å². The summed E-state index contributed by atoms with van der Waals surface area (Å²) in [6.45, 7) is 6.16. The van der Waals surface area contributed by atoms with Gasteiger partial charge in [-0.1, -0.05) is 25.9 Å². The number of carbonyl (C=O) groups is 1. The molecule has 88 valence electrons. The molecule has 4 nitrogen and oxygen atoms in total. The lowest BCUT2D eigenvalue weighted by molar-refractivity contribution is -0.123. The Morgan fingerprint density at radius 3 is 2.33 bits per heavy atom. The highest BCUT2D eigenvalue weighted by atomic mass is 32.2. The number of nitrogens with one attached hydrogen (secondary N) is 1. The molecule has 0 aliphatic heterocycles. The van der Waals surface area contributed by atoms with Crippen LogP contribution in [0.2, 0.25) is 0 Å². The van der Waals surface area contributed by atoms with Gasteiger partial charge >= 0.3 is 0 Å². The van der Waals surface area contributed by atoms with Gasteiger partial charge < -0.3 is 10.5 Å². The first-order valence-corrected chi connectivity index (χ1v) is 6.05. The van der Waals surface area contributed by atoms with Gasteiger partial charge in [0.1, 0.15) is 5.04 Å². The van der Waals surface area contributed by atoms with Gasteiger partial charge in [0.05, 0.1) is 5.92 Å². The number of hydrogen-bond acceptors (Lipinski definition) is 4. The standard InChI is InChI=1S/C10H20N2O2S/c1-10(2,3)6-7(8(13)11-4)9(12-14)15-5/h7,14H,6H2,1-5H3,(H,11,13)/b12-9-. The average molecular weight is 232 g/mol. The minimum Gasteiger partial charge on any atom is -0.410 e. The van der Waals surface area contributed by atoms with Crippen LogP contribution in [0.4, 0.5) is 0 Å². The second-order valence-corrected chi connectivity index (χ2v) is 5.40. The topological polar surface area (TPSA) is 61.7 Å². The van der Waals surface area contributed by atoms with Crippen LogP contribution >= 0.6 is 11.8 Å². The fraction of sp³-hybridized carbons (Fsp3) is 0.800. The Bertz CT molecular complexity index is 246. The lowest BCUT2D eigenvalue weighted by Crippen LogP contribution is -2.34. The van der Waals surface area contributed by atoms with Crippen LogP contribution in [0.5, 0.6) is 0 Å². The lowest BCUT2D eigenvalue weighted by Gasteiger charge is -2.24. The highest BCUT2D eigenvalue weighted by molar-refractivity contribution is 8.13. The molecule has 0 saturated carbocycles. The molecule has 1 atom stereocenters. The summed E-state index contributed by atoms with van der Waals surface area (Å²) in [5, 5.41) is 15.1. The van der Waals surface area contributed by atoms with E-state index in [1.54, 1.807) is 13.3 Å². The van der Waals surface area contributed by atoms with Gasteiger partial charge in [-0.05, 0) is 18.1 Å². The van der Waals surface area contributed by atoms with Gasteiger partial charge in [0, 0.05) is 7.05 Å². The second-order valence-electron chi connectivity index (χ2n) is 4.57. The van der Waals surface area contributed by atoms with Crippen LogP contribution in [0.15, 0.2) is 5.16 Å². The number of hydrogen-bond donors (Lipinski definition) is 2. The van der Waals surface area contributed by atoms with Crippen molar-refractivity contribution in [1.82, 2.24) is 5.32 Å². The van der Waals surface area contributed by atoms with Crippen molar-refractivity contribution in [1.29, 1.82) is 0 Å². The van der Waals surface area contributed by atoms with Crippen LogP contribution in [0.1, 0.15) is 27.2 Å². The van der Waals surface area contributed by atoms with Gasteiger partial charge in [0.15, 0.2) is 0 Å². The molecule has 0 bridgehead atoms. The summed E-state index contributed by atoms with van der Waals surface area (Å²) in [6, 6.07) is 0. The molecule has 5 heteroatoms. The first-order chi connectivity index (χ1) is 6.85. The van der Waals surface area contributed by atoms with E-state index in [-0.39, 0.29) is 17.2 Å². The Kier molecular flexibility index (Phi) is 5.72. The molecule has 1 amide bonds. The number of thioether (sulfide) groups is 1. The van der Waals surface area contributed by atoms with E-state index in [9.17, 15) is 4.79 Å². The molecule has 0 rings (SSSR count). The highest BCUT2D eigenvalue weighted by Crippen LogP contribution is 2.27. The average Bonchev–Trinajstić information content (AvgIpc) is 2.15. The van der Waals surface area contributed by atoms with Gasteiger partial charge in [0.25, 0.3) is 0 Å². The molecule has 0 aromatic carbocycles. The van der Waals surface area contributed by atoms with E-state index in [4.69, 9.17) is 5.21 Å². The zero-order valence-corrected chi connectivity index (χ0v) is 10.8. The molecule has 2 N–H and O–H groups in total. The third kappa shape index (κ3) is 5.06. The number of carbonyl (C=O) groups excluding carboxylic acids is 1. The van der Waals surface area contributed by atoms with Gasteiger partial charge in [-0.15, -0.1) is 11.8 Å². The van der Waals surface area contributed by atoms with E-state index in [0.717, 1.165) is 0 Å². The first-order valence-electron chi connectivity index (χ1n) is 4.83. The summed E-state index contributed by atoms with van der Waals surface area (Å²) in [5.41, 5.74) is 0.0167. The molecular weight excluding hydrogens is 212 g/mol. The van der Waals surface area contributed by atoms with Crippen LogP contribution < -0.4 is 5.32 Å². The Morgan fingerprint density at radius 1 is 1.53 bits per heavy atom. The highest BCUT2D eigenvalue weighted by Gasteiger charge is 2.28. The first kappa shape index (κ1) is 14.3. The van der Waals surface area contributed by atoms with Crippen molar-refractivity contribution in [2.75, 3.05) is 13.3 Å². The summed E-state index contributed by atoms with van der Waals surface area (Å²) in [4.78, 5) is 11.6.